The molecule has 1 saturated heterocycles. The van der Waals surface area contributed by atoms with E-state index in [1.807, 2.05) is 24.3 Å². The number of fused-ring (bicyclic) bond motifs is 3. The molecule has 2 aliphatic rings. The zero-order chi connectivity index (χ0) is 24.3. The van der Waals surface area contributed by atoms with E-state index in [4.69, 9.17) is 9.47 Å². The third-order valence-electron chi connectivity index (χ3n) is 6.95. The number of alkyl carbamates (subject to hydrolysis) is 1. The first kappa shape index (κ1) is 23.8. The molecule has 8 heteroatoms. The van der Waals surface area contributed by atoms with Gasteiger partial charge in [-0.05, 0) is 42.0 Å². The summed E-state index contributed by atoms with van der Waals surface area (Å²) < 4.78 is 10.8. The lowest BCUT2D eigenvalue weighted by Crippen LogP contribution is -2.54. The highest BCUT2D eigenvalue weighted by atomic mass is 16.5. The Morgan fingerprint density at radius 1 is 1.12 bits per heavy atom. The molecule has 2 aromatic rings. The summed E-state index contributed by atoms with van der Waals surface area (Å²) in [6, 6.07) is 16.2. The highest BCUT2D eigenvalue weighted by Gasteiger charge is 2.47. The average molecular weight is 467 g/mol. The number of carboxylic acid groups (broad SMARTS) is 1. The van der Waals surface area contributed by atoms with E-state index in [1.165, 1.54) is 12.0 Å². The number of likely N-dealkylation sites (tertiary alicyclic amines) is 1. The number of rotatable bonds is 8. The molecule has 34 heavy (non-hydrogen) atoms. The minimum Gasteiger partial charge on any atom is -0.480 e. The van der Waals surface area contributed by atoms with Crippen molar-refractivity contribution in [1.29, 1.82) is 0 Å². The Morgan fingerprint density at radius 3 is 2.32 bits per heavy atom. The maximum atomic E-state index is 12.9. The standard InChI is InChI=1S/C26H30N2O6/c1-26(24(30)31)13-7-15-28(26)23(29)22(33-2)12-14-27-25(32)34-16-21-19-10-5-3-8-17(19)18-9-4-6-11-20(18)21/h3-6,8-11,21-22H,7,12-16H2,1-2H3,(H,27,32)(H,30,31)/t22?,26-/m1/s1. The summed E-state index contributed by atoms with van der Waals surface area (Å²) in [7, 11) is 1.41. The number of carboxylic acids is 1. The maximum Gasteiger partial charge on any atom is 0.407 e. The summed E-state index contributed by atoms with van der Waals surface area (Å²) in [5.74, 6) is -1.43. The molecule has 1 heterocycles. The fourth-order valence-electron chi connectivity index (χ4n) is 5.01. The van der Waals surface area contributed by atoms with Crippen molar-refractivity contribution < 1.29 is 29.0 Å². The predicted molar refractivity (Wildman–Crippen MR) is 125 cm³/mol. The second kappa shape index (κ2) is 9.85. The van der Waals surface area contributed by atoms with Crippen molar-refractivity contribution in [2.75, 3.05) is 26.8 Å². The number of benzene rings is 2. The molecule has 2 aromatic carbocycles. The topological polar surface area (TPSA) is 105 Å². The smallest absolute Gasteiger partial charge is 0.407 e. The fraction of sp³-hybridized carbons (Fsp3) is 0.423. The van der Waals surface area contributed by atoms with E-state index in [-0.39, 0.29) is 31.4 Å². The first-order chi connectivity index (χ1) is 16.4. The number of hydrogen-bond donors (Lipinski definition) is 2. The normalized spacial score (nSPS) is 19.9. The predicted octanol–water partition coefficient (Wildman–Crippen LogP) is 3.40. The highest BCUT2D eigenvalue weighted by molar-refractivity contribution is 5.89. The number of methoxy groups -OCH3 is 1. The molecule has 0 spiro atoms. The fourth-order valence-corrected chi connectivity index (χ4v) is 5.01. The van der Waals surface area contributed by atoms with Crippen LogP contribution < -0.4 is 5.32 Å². The van der Waals surface area contributed by atoms with Crippen LogP contribution in [0.4, 0.5) is 4.79 Å². The Balaban J connectivity index is 1.30. The number of nitrogens with one attached hydrogen (secondary N) is 1. The lowest BCUT2D eigenvalue weighted by atomic mass is 9.98. The van der Waals surface area contributed by atoms with Gasteiger partial charge in [-0.1, -0.05) is 48.5 Å². The second-order valence-electron chi connectivity index (χ2n) is 8.94. The van der Waals surface area contributed by atoms with Gasteiger partial charge >= 0.3 is 12.1 Å². The van der Waals surface area contributed by atoms with Gasteiger partial charge in [0.25, 0.3) is 5.91 Å². The number of ether oxygens (including phenoxy) is 2. The zero-order valence-corrected chi connectivity index (χ0v) is 19.5. The average Bonchev–Trinajstić information content (AvgIpc) is 3.39. The van der Waals surface area contributed by atoms with Crippen LogP contribution in [0.1, 0.15) is 43.2 Å². The van der Waals surface area contributed by atoms with Gasteiger partial charge in [-0.15, -0.1) is 0 Å². The summed E-state index contributed by atoms with van der Waals surface area (Å²) in [4.78, 5) is 38.3. The van der Waals surface area contributed by atoms with Crippen LogP contribution in [0.5, 0.6) is 0 Å². The van der Waals surface area contributed by atoms with Crippen LogP contribution in [-0.2, 0) is 19.1 Å². The molecule has 2 amide bonds. The number of hydrogen-bond acceptors (Lipinski definition) is 5. The van der Waals surface area contributed by atoms with Crippen molar-refractivity contribution in [2.45, 2.75) is 43.7 Å². The van der Waals surface area contributed by atoms with E-state index in [2.05, 4.69) is 29.6 Å². The largest absolute Gasteiger partial charge is 0.480 e. The zero-order valence-electron chi connectivity index (χ0n) is 19.5. The molecule has 8 nitrogen and oxygen atoms in total. The number of carbonyl (C=O) groups is 3. The van der Waals surface area contributed by atoms with E-state index in [0.717, 1.165) is 22.3 Å². The molecule has 180 valence electrons. The summed E-state index contributed by atoms with van der Waals surface area (Å²) in [6.45, 7) is 2.30. The van der Waals surface area contributed by atoms with Crippen molar-refractivity contribution in [2.24, 2.45) is 0 Å². The van der Waals surface area contributed by atoms with Gasteiger partial charge in [0, 0.05) is 32.5 Å². The van der Waals surface area contributed by atoms with Crippen LogP contribution in [-0.4, -0.2) is 66.4 Å². The van der Waals surface area contributed by atoms with E-state index >= 15 is 0 Å². The molecule has 1 aliphatic heterocycles. The number of amides is 2. The molecule has 0 bridgehead atoms. The Kier molecular flexibility index (Phi) is 6.88. The molecule has 2 N–H and O–H groups in total. The van der Waals surface area contributed by atoms with Crippen molar-refractivity contribution >= 4 is 18.0 Å². The molecule has 1 fully saturated rings. The number of aliphatic carboxylic acids is 1. The summed E-state index contributed by atoms with van der Waals surface area (Å²) in [6.07, 6.45) is -0.164. The van der Waals surface area contributed by atoms with E-state index in [9.17, 15) is 19.5 Å². The van der Waals surface area contributed by atoms with Crippen molar-refractivity contribution in [3.8, 4) is 11.1 Å². The van der Waals surface area contributed by atoms with Crippen molar-refractivity contribution in [1.82, 2.24) is 10.2 Å². The molecular formula is C26H30N2O6. The molecule has 0 radical (unpaired) electrons. The van der Waals surface area contributed by atoms with Gasteiger partial charge in [-0.25, -0.2) is 9.59 Å². The van der Waals surface area contributed by atoms with Gasteiger partial charge in [0.2, 0.25) is 0 Å². The first-order valence-electron chi connectivity index (χ1n) is 11.5. The minimum atomic E-state index is -1.23. The molecule has 2 atom stereocenters. The van der Waals surface area contributed by atoms with Crippen LogP contribution in [0.2, 0.25) is 0 Å². The Morgan fingerprint density at radius 2 is 1.74 bits per heavy atom. The van der Waals surface area contributed by atoms with Crippen LogP contribution in [0, 0.1) is 0 Å². The lowest BCUT2D eigenvalue weighted by Gasteiger charge is -2.33. The SMILES string of the molecule is COC(CCNC(=O)OCC1c2ccccc2-c2ccccc21)C(=O)N1CCC[C@]1(C)C(=O)O. The second-order valence-corrected chi connectivity index (χ2v) is 8.94. The number of nitrogens with zero attached hydrogens (tertiary/aromatic N) is 1. The van der Waals surface area contributed by atoms with Crippen LogP contribution in [0.25, 0.3) is 11.1 Å². The van der Waals surface area contributed by atoms with Gasteiger partial charge < -0.3 is 24.8 Å². The monoisotopic (exact) mass is 466 g/mol. The van der Waals surface area contributed by atoms with Gasteiger partial charge in [-0.2, -0.15) is 0 Å². The van der Waals surface area contributed by atoms with Crippen LogP contribution >= 0.6 is 0 Å². The van der Waals surface area contributed by atoms with Gasteiger partial charge in [0.05, 0.1) is 0 Å². The number of carbonyl (C=O) groups excluding carboxylic acids is 2. The Bertz CT molecular complexity index is 1040. The minimum absolute atomic E-state index is 0.0321. The Labute approximate surface area is 198 Å². The molecule has 0 saturated carbocycles. The molecule has 1 aliphatic carbocycles. The quantitative estimate of drug-likeness (QED) is 0.618. The van der Waals surface area contributed by atoms with Crippen LogP contribution in [0.3, 0.4) is 0 Å². The van der Waals surface area contributed by atoms with E-state index < -0.39 is 23.7 Å². The Hall–Kier alpha value is -3.39. The van der Waals surface area contributed by atoms with Crippen LogP contribution in [0.15, 0.2) is 48.5 Å². The van der Waals surface area contributed by atoms with Crippen molar-refractivity contribution in [3.05, 3.63) is 59.7 Å². The lowest BCUT2D eigenvalue weighted by molar-refractivity contribution is -0.159. The molecule has 0 aromatic heterocycles. The van der Waals surface area contributed by atoms with Gasteiger partial charge in [-0.3, -0.25) is 4.79 Å². The summed E-state index contributed by atoms with van der Waals surface area (Å²) >= 11 is 0. The summed E-state index contributed by atoms with van der Waals surface area (Å²) in [5.41, 5.74) is 3.35. The molecule has 1 unspecified atom stereocenters. The summed E-state index contributed by atoms with van der Waals surface area (Å²) in [5, 5.41) is 12.2. The molecular weight excluding hydrogens is 436 g/mol. The van der Waals surface area contributed by atoms with Crippen molar-refractivity contribution in [3.63, 3.8) is 0 Å². The maximum absolute atomic E-state index is 12.9. The first-order valence-corrected chi connectivity index (χ1v) is 11.5. The van der Waals surface area contributed by atoms with E-state index in [1.54, 1.807) is 6.92 Å². The van der Waals surface area contributed by atoms with Gasteiger partial charge in [0.15, 0.2) is 0 Å². The van der Waals surface area contributed by atoms with Gasteiger partial charge in [0.1, 0.15) is 18.2 Å². The third kappa shape index (κ3) is 4.37. The van der Waals surface area contributed by atoms with E-state index in [0.29, 0.717) is 19.4 Å². The molecule has 4 rings (SSSR count). The highest BCUT2D eigenvalue weighted by Crippen LogP contribution is 2.44. The third-order valence-corrected chi connectivity index (χ3v) is 6.95.